The summed E-state index contributed by atoms with van der Waals surface area (Å²) < 4.78 is 0. The second kappa shape index (κ2) is 3.97. The Labute approximate surface area is 64.0 Å². The summed E-state index contributed by atoms with van der Waals surface area (Å²) in [6.45, 7) is 2.35. The van der Waals surface area contributed by atoms with E-state index in [1.165, 1.54) is 38.5 Å². The van der Waals surface area contributed by atoms with Gasteiger partial charge in [-0.05, 0) is 25.2 Å². The van der Waals surface area contributed by atoms with Gasteiger partial charge in [0.15, 0.2) is 0 Å². The maximum Gasteiger partial charge on any atom is 0.00389 e. The fourth-order valence-electron chi connectivity index (χ4n) is 1.69. The Morgan fingerprint density at radius 2 is 1.70 bits per heavy atom. The zero-order valence-electron chi connectivity index (χ0n) is 6.97. The first-order valence-corrected chi connectivity index (χ1v) is 4.54. The van der Waals surface area contributed by atoms with E-state index in [9.17, 15) is 0 Å². The zero-order chi connectivity index (χ0) is 7.40. The molecule has 0 amide bonds. The van der Waals surface area contributed by atoms with Crippen molar-refractivity contribution in [1.29, 1.82) is 0 Å². The van der Waals surface area contributed by atoms with Gasteiger partial charge in [0, 0.05) is 6.04 Å². The van der Waals surface area contributed by atoms with E-state index in [4.69, 9.17) is 5.73 Å². The summed E-state index contributed by atoms with van der Waals surface area (Å²) >= 11 is 0. The maximum absolute atomic E-state index is 5.87. The van der Waals surface area contributed by atoms with Gasteiger partial charge in [-0.2, -0.15) is 0 Å². The first-order chi connectivity index (χ1) is 4.79. The summed E-state index contributed by atoms with van der Waals surface area (Å²) in [5, 5.41) is 0. The Hall–Kier alpha value is -0.0400. The van der Waals surface area contributed by atoms with Crippen LogP contribution in [-0.4, -0.2) is 6.04 Å². The molecule has 2 atom stereocenters. The predicted molar refractivity (Wildman–Crippen MR) is 44.8 cm³/mol. The van der Waals surface area contributed by atoms with Crippen molar-refractivity contribution in [1.82, 2.24) is 0 Å². The molecule has 0 bridgehead atoms. The molecule has 2 N–H and O–H groups in total. The molecule has 0 radical (unpaired) electrons. The Bertz CT molecular complexity index is 78.7. The third-order valence-corrected chi connectivity index (χ3v) is 2.55. The monoisotopic (exact) mass is 141 g/mol. The summed E-state index contributed by atoms with van der Waals surface area (Å²) in [5.74, 6) is 0.923. The molecule has 1 saturated carbocycles. The van der Waals surface area contributed by atoms with Gasteiger partial charge in [-0.3, -0.25) is 0 Å². The van der Waals surface area contributed by atoms with Gasteiger partial charge in [-0.15, -0.1) is 0 Å². The smallest absolute Gasteiger partial charge is 0.00389 e. The van der Waals surface area contributed by atoms with Crippen LogP contribution in [0.25, 0.3) is 0 Å². The second-order valence-electron chi connectivity index (χ2n) is 3.73. The summed E-state index contributed by atoms with van der Waals surface area (Å²) in [4.78, 5) is 0. The van der Waals surface area contributed by atoms with Gasteiger partial charge in [0.25, 0.3) is 0 Å². The predicted octanol–water partition coefficient (Wildman–Crippen LogP) is 2.30. The lowest BCUT2D eigenvalue weighted by molar-refractivity contribution is 0.376. The van der Waals surface area contributed by atoms with Crippen LogP contribution in [-0.2, 0) is 0 Å². The summed E-state index contributed by atoms with van der Waals surface area (Å²) in [6.07, 6.45) is 8.03. The highest BCUT2D eigenvalue weighted by atomic mass is 14.6. The standard InChI is InChI=1S/C9H19N/c1-8-4-2-3-5-9(10)7-6-8/h8-9H,2-7,10H2,1H3/t8-,9?/m1/s1. The van der Waals surface area contributed by atoms with E-state index >= 15 is 0 Å². The van der Waals surface area contributed by atoms with E-state index in [2.05, 4.69) is 6.92 Å². The minimum atomic E-state index is 0.503. The lowest BCUT2D eigenvalue weighted by atomic mass is 9.90. The molecule has 60 valence electrons. The van der Waals surface area contributed by atoms with Crippen molar-refractivity contribution in [2.75, 3.05) is 0 Å². The fraction of sp³-hybridized carbons (Fsp3) is 1.00. The van der Waals surface area contributed by atoms with Crippen molar-refractivity contribution in [2.24, 2.45) is 11.7 Å². The normalized spacial score (nSPS) is 36.6. The molecule has 0 saturated heterocycles. The molecule has 0 aromatic rings. The van der Waals surface area contributed by atoms with Crippen LogP contribution in [0.2, 0.25) is 0 Å². The van der Waals surface area contributed by atoms with Gasteiger partial charge in [-0.1, -0.05) is 26.2 Å². The van der Waals surface area contributed by atoms with E-state index in [1.807, 2.05) is 0 Å². The lowest BCUT2D eigenvalue weighted by Gasteiger charge is -2.19. The minimum Gasteiger partial charge on any atom is -0.328 e. The van der Waals surface area contributed by atoms with Crippen LogP contribution in [0, 0.1) is 5.92 Å². The van der Waals surface area contributed by atoms with Gasteiger partial charge in [0.2, 0.25) is 0 Å². The lowest BCUT2D eigenvalue weighted by Crippen LogP contribution is -2.22. The summed E-state index contributed by atoms with van der Waals surface area (Å²) in [6, 6.07) is 0.503. The van der Waals surface area contributed by atoms with E-state index in [0.29, 0.717) is 6.04 Å². The quantitative estimate of drug-likeness (QED) is 0.550. The van der Waals surface area contributed by atoms with Crippen molar-refractivity contribution in [2.45, 2.75) is 51.5 Å². The maximum atomic E-state index is 5.87. The Morgan fingerprint density at radius 3 is 2.50 bits per heavy atom. The third-order valence-electron chi connectivity index (χ3n) is 2.55. The van der Waals surface area contributed by atoms with E-state index in [1.54, 1.807) is 0 Å². The van der Waals surface area contributed by atoms with Crippen LogP contribution in [0.5, 0.6) is 0 Å². The first-order valence-electron chi connectivity index (χ1n) is 4.54. The SMILES string of the molecule is C[C@@H]1CCCCC(N)CC1. The molecule has 0 aromatic heterocycles. The molecule has 1 aliphatic carbocycles. The van der Waals surface area contributed by atoms with Crippen LogP contribution in [0.15, 0.2) is 0 Å². The van der Waals surface area contributed by atoms with Gasteiger partial charge >= 0.3 is 0 Å². The van der Waals surface area contributed by atoms with Gasteiger partial charge in [0.1, 0.15) is 0 Å². The van der Waals surface area contributed by atoms with Gasteiger partial charge < -0.3 is 5.73 Å². The van der Waals surface area contributed by atoms with Crippen LogP contribution in [0.3, 0.4) is 0 Å². The Kier molecular flexibility index (Phi) is 3.20. The average molecular weight is 141 g/mol. The second-order valence-corrected chi connectivity index (χ2v) is 3.73. The molecule has 1 nitrogen and oxygen atoms in total. The number of rotatable bonds is 0. The number of hydrogen-bond donors (Lipinski definition) is 1. The molecule has 0 aliphatic heterocycles. The Balaban J connectivity index is 2.23. The minimum absolute atomic E-state index is 0.503. The highest BCUT2D eigenvalue weighted by molar-refractivity contribution is 4.67. The van der Waals surface area contributed by atoms with Crippen molar-refractivity contribution in [3.63, 3.8) is 0 Å². The summed E-state index contributed by atoms with van der Waals surface area (Å²) in [7, 11) is 0. The first kappa shape index (κ1) is 8.06. The zero-order valence-corrected chi connectivity index (χ0v) is 6.97. The summed E-state index contributed by atoms with van der Waals surface area (Å²) in [5.41, 5.74) is 5.87. The van der Waals surface area contributed by atoms with Crippen molar-refractivity contribution in [3.8, 4) is 0 Å². The molecule has 0 spiro atoms. The molecule has 0 heterocycles. The molecule has 1 unspecified atom stereocenters. The van der Waals surface area contributed by atoms with Crippen molar-refractivity contribution in [3.05, 3.63) is 0 Å². The van der Waals surface area contributed by atoms with Crippen molar-refractivity contribution >= 4 is 0 Å². The molecular weight excluding hydrogens is 122 g/mol. The molecular formula is C9H19N. The molecule has 1 rings (SSSR count). The van der Waals surface area contributed by atoms with Crippen LogP contribution in [0.4, 0.5) is 0 Å². The topological polar surface area (TPSA) is 26.0 Å². The van der Waals surface area contributed by atoms with Gasteiger partial charge in [0.05, 0.1) is 0 Å². The molecule has 1 heteroatoms. The van der Waals surface area contributed by atoms with Crippen LogP contribution in [0.1, 0.15) is 45.4 Å². The molecule has 1 aliphatic rings. The number of nitrogens with two attached hydrogens (primary N) is 1. The Morgan fingerprint density at radius 1 is 1.00 bits per heavy atom. The largest absolute Gasteiger partial charge is 0.328 e. The van der Waals surface area contributed by atoms with Crippen molar-refractivity contribution < 1.29 is 0 Å². The highest BCUT2D eigenvalue weighted by Gasteiger charge is 2.10. The van der Waals surface area contributed by atoms with Gasteiger partial charge in [-0.25, -0.2) is 0 Å². The molecule has 0 aromatic carbocycles. The number of hydrogen-bond acceptors (Lipinski definition) is 1. The third kappa shape index (κ3) is 2.70. The molecule has 1 fully saturated rings. The van der Waals surface area contributed by atoms with Crippen LogP contribution >= 0.6 is 0 Å². The highest BCUT2D eigenvalue weighted by Crippen LogP contribution is 2.20. The average Bonchev–Trinajstić information content (AvgIpc) is 1.90. The van der Waals surface area contributed by atoms with E-state index in [0.717, 1.165) is 5.92 Å². The van der Waals surface area contributed by atoms with E-state index in [-0.39, 0.29) is 0 Å². The van der Waals surface area contributed by atoms with E-state index < -0.39 is 0 Å². The fourth-order valence-corrected chi connectivity index (χ4v) is 1.69. The molecule has 10 heavy (non-hydrogen) atoms. The van der Waals surface area contributed by atoms with Crippen LogP contribution < -0.4 is 5.73 Å².